The number of aliphatic hydroxyl groups is 1. The quantitative estimate of drug-likeness (QED) is 0.792. The van der Waals surface area contributed by atoms with Gasteiger partial charge in [0, 0.05) is 18.0 Å². The van der Waals surface area contributed by atoms with Crippen LogP contribution >= 0.6 is 0 Å². The van der Waals surface area contributed by atoms with Gasteiger partial charge in [-0.2, -0.15) is 0 Å². The van der Waals surface area contributed by atoms with Crippen molar-refractivity contribution in [1.29, 1.82) is 0 Å². The van der Waals surface area contributed by atoms with Crippen LogP contribution in [0.3, 0.4) is 0 Å². The molecule has 0 saturated heterocycles. The van der Waals surface area contributed by atoms with Crippen LogP contribution in [0.2, 0.25) is 0 Å². The maximum Gasteiger partial charge on any atom is 0.241 e. The van der Waals surface area contributed by atoms with Crippen LogP contribution in [0.5, 0.6) is 0 Å². The van der Waals surface area contributed by atoms with E-state index in [-0.39, 0.29) is 17.5 Å². The summed E-state index contributed by atoms with van der Waals surface area (Å²) in [6.07, 6.45) is 2.10. The monoisotopic (exact) mass is 309 g/mol. The topological polar surface area (TPSA) is 66.4 Å². The number of hydrogen-bond donors (Lipinski definition) is 2. The van der Waals surface area contributed by atoms with E-state index in [4.69, 9.17) is 5.11 Å². The Balaban J connectivity index is 3.06. The molecule has 0 amide bonds. The molecule has 0 aromatic heterocycles. The summed E-state index contributed by atoms with van der Waals surface area (Å²) in [5, 5.41) is 8.71. The lowest BCUT2D eigenvalue weighted by molar-refractivity contribution is 0.305. The minimum absolute atomic E-state index is 0.000104. The Morgan fingerprint density at radius 2 is 2.10 bits per heavy atom. The molecule has 5 heteroatoms. The van der Waals surface area contributed by atoms with E-state index in [9.17, 15) is 8.42 Å². The van der Waals surface area contributed by atoms with Gasteiger partial charge in [-0.1, -0.05) is 31.3 Å². The van der Waals surface area contributed by atoms with E-state index in [1.165, 1.54) is 0 Å². The smallest absolute Gasteiger partial charge is 0.241 e. The van der Waals surface area contributed by atoms with Crippen molar-refractivity contribution in [3.8, 4) is 11.8 Å². The number of aryl methyl sites for hydroxylation is 1. The fourth-order valence-electron chi connectivity index (χ4n) is 2.01. The van der Waals surface area contributed by atoms with Crippen LogP contribution in [0.25, 0.3) is 0 Å². The molecule has 116 valence electrons. The van der Waals surface area contributed by atoms with Gasteiger partial charge in [0.15, 0.2) is 0 Å². The molecule has 0 aliphatic rings. The summed E-state index contributed by atoms with van der Waals surface area (Å²) in [5.74, 6) is 5.66. The Morgan fingerprint density at radius 3 is 2.71 bits per heavy atom. The molecule has 2 N–H and O–H groups in total. The van der Waals surface area contributed by atoms with E-state index in [2.05, 4.69) is 16.6 Å². The van der Waals surface area contributed by atoms with Gasteiger partial charge in [0.05, 0.1) is 11.5 Å². The molecule has 1 atom stereocenters. The molecule has 0 spiro atoms. The molecule has 1 unspecified atom stereocenters. The second-order valence-electron chi connectivity index (χ2n) is 5.07. The number of rotatable bonds is 6. The molecule has 1 aromatic carbocycles. The number of aliphatic hydroxyl groups excluding tert-OH is 1. The van der Waals surface area contributed by atoms with Crippen molar-refractivity contribution < 1.29 is 13.5 Å². The van der Waals surface area contributed by atoms with E-state index in [0.29, 0.717) is 17.5 Å². The first-order chi connectivity index (χ1) is 9.90. The molecule has 1 aromatic rings. The van der Waals surface area contributed by atoms with Crippen LogP contribution in [0.1, 0.15) is 44.2 Å². The van der Waals surface area contributed by atoms with Gasteiger partial charge in [-0.3, -0.25) is 0 Å². The van der Waals surface area contributed by atoms with Gasteiger partial charge in [0.2, 0.25) is 10.0 Å². The average Bonchev–Trinajstić information content (AvgIpc) is 2.40. The van der Waals surface area contributed by atoms with Crippen molar-refractivity contribution in [3.05, 3.63) is 29.3 Å². The standard InChI is InChI=1S/C16H23NO3S/c1-4-7-14(3)17-21(19,20)16-12-15(8-5-6-11-18)10-9-13(16)2/h9-10,12,14,17-18H,4,6-7,11H2,1-3H3. The summed E-state index contributed by atoms with van der Waals surface area (Å²) >= 11 is 0. The summed E-state index contributed by atoms with van der Waals surface area (Å²) in [7, 11) is -3.53. The van der Waals surface area contributed by atoms with Gasteiger partial charge < -0.3 is 5.11 Å². The molecule has 4 nitrogen and oxygen atoms in total. The summed E-state index contributed by atoms with van der Waals surface area (Å²) < 4.78 is 27.5. The minimum atomic E-state index is -3.53. The van der Waals surface area contributed by atoms with Crippen molar-refractivity contribution in [3.63, 3.8) is 0 Å². The van der Waals surface area contributed by atoms with E-state index >= 15 is 0 Å². The highest BCUT2D eigenvalue weighted by Crippen LogP contribution is 2.17. The number of hydrogen-bond acceptors (Lipinski definition) is 3. The van der Waals surface area contributed by atoms with Crippen LogP contribution in [0.15, 0.2) is 23.1 Å². The minimum Gasteiger partial charge on any atom is -0.395 e. The third-order valence-electron chi connectivity index (χ3n) is 3.03. The molecular formula is C16H23NO3S. The molecule has 0 aliphatic carbocycles. The Kier molecular flexibility index (Phi) is 6.90. The summed E-state index contributed by atoms with van der Waals surface area (Å²) in [6.45, 7) is 5.65. The van der Waals surface area contributed by atoms with E-state index < -0.39 is 10.0 Å². The van der Waals surface area contributed by atoms with Crippen LogP contribution in [0.4, 0.5) is 0 Å². The highest BCUT2D eigenvalue weighted by molar-refractivity contribution is 7.89. The zero-order valence-corrected chi connectivity index (χ0v) is 13.6. The van der Waals surface area contributed by atoms with Gasteiger partial charge in [-0.05, 0) is 38.0 Å². The molecule has 1 rings (SSSR count). The van der Waals surface area contributed by atoms with E-state index in [0.717, 1.165) is 12.8 Å². The Labute approximate surface area is 127 Å². The number of sulfonamides is 1. The zero-order chi connectivity index (χ0) is 15.9. The first-order valence-corrected chi connectivity index (χ1v) is 8.61. The SMILES string of the molecule is CCCC(C)NS(=O)(=O)c1cc(C#CCCO)ccc1C. The molecular weight excluding hydrogens is 286 g/mol. The van der Waals surface area contributed by atoms with Crippen molar-refractivity contribution in [2.24, 2.45) is 0 Å². The van der Waals surface area contributed by atoms with E-state index in [1.54, 1.807) is 25.1 Å². The van der Waals surface area contributed by atoms with Crippen LogP contribution in [-0.4, -0.2) is 26.2 Å². The summed E-state index contributed by atoms with van der Waals surface area (Å²) in [6, 6.07) is 5.03. The molecule has 0 radical (unpaired) electrons. The third-order valence-corrected chi connectivity index (χ3v) is 4.76. The Hall–Kier alpha value is -1.35. The summed E-state index contributed by atoms with van der Waals surface area (Å²) in [5.41, 5.74) is 1.33. The summed E-state index contributed by atoms with van der Waals surface area (Å²) in [4.78, 5) is 0.265. The average molecular weight is 309 g/mol. The van der Waals surface area contributed by atoms with Gasteiger partial charge in [-0.15, -0.1) is 0 Å². The highest BCUT2D eigenvalue weighted by atomic mass is 32.2. The molecule has 0 aliphatic heterocycles. The van der Waals surface area contributed by atoms with Crippen LogP contribution in [0, 0.1) is 18.8 Å². The van der Waals surface area contributed by atoms with Gasteiger partial charge in [0.25, 0.3) is 0 Å². The molecule has 21 heavy (non-hydrogen) atoms. The number of benzene rings is 1. The molecule has 0 bridgehead atoms. The Bertz CT molecular complexity index is 627. The predicted molar refractivity (Wildman–Crippen MR) is 84.5 cm³/mol. The molecule has 0 saturated carbocycles. The lowest BCUT2D eigenvalue weighted by atomic mass is 10.1. The molecule has 0 heterocycles. The van der Waals surface area contributed by atoms with Crippen molar-refractivity contribution >= 4 is 10.0 Å². The van der Waals surface area contributed by atoms with Crippen molar-refractivity contribution in [2.75, 3.05) is 6.61 Å². The largest absolute Gasteiger partial charge is 0.395 e. The highest BCUT2D eigenvalue weighted by Gasteiger charge is 2.19. The number of nitrogens with one attached hydrogen (secondary N) is 1. The van der Waals surface area contributed by atoms with Gasteiger partial charge in [0.1, 0.15) is 0 Å². The fourth-order valence-corrected chi connectivity index (χ4v) is 3.56. The van der Waals surface area contributed by atoms with Gasteiger partial charge in [-0.25, -0.2) is 13.1 Å². The van der Waals surface area contributed by atoms with Crippen molar-refractivity contribution in [1.82, 2.24) is 4.72 Å². The molecule has 0 fully saturated rings. The zero-order valence-electron chi connectivity index (χ0n) is 12.8. The second-order valence-corrected chi connectivity index (χ2v) is 6.75. The van der Waals surface area contributed by atoms with Crippen LogP contribution < -0.4 is 4.72 Å². The lowest BCUT2D eigenvalue weighted by Gasteiger charge is -2.15. The van der Waals surface area contributed by atoms with Gasteiger partial charge >= 0.3 is 0 Å². The maximum absolute atomic E-state index is 12.4. The first kappa shape index (κ1) is 17.7. The third kappa shape index (κ3) is 5.50. The van der Waals surface area contributed by atoms with Crippen LogP contribution in [-0.2, 0) is 10.0 Å². The lowest BCUT2D eigenvalue weighted by Crippen LogP contribution is -2.32. The normalized spacial score (nSPS) is 12.6. The Morgan fingerprint density at radius 1 is 1.38 bits per heavy atom. The first-order valence-electron chi connectivity index (χ1n) is 7.13. The predicted octanol–water partition coefficient (Wildman–Crippen LogP) is 2.20. The fraction of sp³-hybridized carbons (Fsp3) is 0.500. The maximum atomic E-state index is 12.4. The van der Waals surface area contributed by atoms with E-state index in [1.807, 2.05) is 13.8 Å². The second kappa shape index (κ2) is 8.18. The van der Waals surface area contributed by atoms with Crippen molar-refractivity contribution in [2.45, 2.75) is 51.0 Å².